The monoisotopic (exact) mass is 223 g/mol. The first kappa shape index (κ1) is 13.2. The third kappa shape index (κ3) is 3.93. The first-order chi connectivity index (χ1) is 7.81. The van der Waals surface area contributed by atoms with Crippen LogP contribution < -0.4 is 5.32 Å². The first-order valence-electron chi connectivity index (χ1n) is 5.72. The molecule has 0 aliphatic heterocycles. The van der Waals surface area contributed by atoms with Crippen LogP contribution in [-0.2, 0) is 4.74 Å². The van der Waals surface area contributed by atoms with E-state index < -0.39 is 0 Å². The molecule has 0 bridgehead atoms. The van der Waals surface area contributed by atoms with Gasteiger partial charge < -0.3 is 15.2 Å². The van der Waals surface area contributed by atoms with Crippen molar-refractivity contribution < 1.29 is 9.84 Å². The molecule has 0 heterocycles. The van der Waals surface area contributed by atoms with Crippen LogP contribution in [0.25, 0.3) is 0 Å². The second-order valence-electron chi connectivity index (χ2n) is 3.87. The Labute approximate surface area is 97.4 Å². The van der Waals surface area contributed by atoms with E-state index in [1.807, 2.05) is 30.3 Å². The average molecular weight is 223 g/mol. The molecule has 0 fully saturated rings. The summed E-state index contributed by atoms with van der Waals surface area (Å²) in [6.07, 6.45) is 0.983. The number of aliphatic hydroxyl groups excluding tert-OH is 1. The highest BCUT2D eigenvalue weighted by atomic mass is 16.5. The summed E-state index contributed by atoms with van der Waals surface area (Å²) in [5, 5.41) is 12.8. The van der Waals surface area contributed by atoms with Crippen LogP contribution in [0.15, 0.2) is 30.3 Å². The summed E-state index contributed by atoms with van der Waals surface area (Å²) in [5.41, 5.74) is 1.11. The third-order valence-corrected chi connectivity index (χ3v) is 2.68. The zero-order valence-corrected chi connectivity index (χ0v) is 10.0. The van der Waals surface area contributed by atoms with E-state index in [2.05, 4.69) is 12.2 Å². The molecule has 3 heteroatoms. The summed E-state index contributed by atoms with van der Waals surface area (Å²) in [5.74, 6) is 0. The molecule has 0 spiro atoms. The van der Waals surface area contributed by atoms with E-state index in [1.54, 1.807) is 7.11 Å². The molecular weight excluding hydrogens is 202 g/mol. The molecule has 0 aliphatic carbocycles. The smallest absolute Gasteiger partial charge is 0.0626 e. The zero-order valence-electron chi connectivity index (χ0n) is 10.0. The van der Waals surface area contributed by atoms with Crippen LogP contribution >= 0.6 is 0 Å². The molecule has 0 saturated heterocycles. The van der Waals surface area contributed by atoms with E-state index in [-0.39, 0.29) is 18.7 Å². The molecule has 90 valence electrons. The van der Waals surface area contributed by atoms with Crippen LogP contribution in [0.4, 0.5) is 0 Å². The lowest BCUT2D eigenvalue weighted by Crippen LogP contribution is -2.37. The van der Waals surface area contributed by atoms with Gasteiger partial charge in [0.1, 0.15) is 0 Å². The fourth-order valence-corrected chi connectivity index (χ4v) is 1.71. The summed E-state index contributed by atoms with van der Waals surface area (Å²) in [6.45, 7) is 2.88. The topological polar surface area (TPSA) is 41.5 Å². The molecule has 1 rings (SSSR count). The third-order valence-electron chi connectivity index (χ3n) is 2.68. The van der Waals surface area contributed by atoms with Crippen LogP contribution in [0, 0.1) is 0 Å². The molecular formula is C13H21NO2. The van der Waals surface area contributed by atoms with Crippen molar-refractivity contribution in [3.8, 4) is 0 Å². The molecule has 2 atom stereocenters. The maximum atomic E-state index is 9.39. The minimum Gasteiger partial charge on any atom is -0.394 e. The van der Waals surface area contributed by atoms with Gasteiger partial charge in [0.2, 0.25) is 0 Å². The van der Waals surface area contributed by atoms with Crippen molar-refractivity contribution in [2.45, 2.75) is 25.4 Å². The van der Waals surface area contributed by atoms with Crippen LogP contribution in [0.1, 0.15) is 24.9 Å². The van der Waals surface area contributed by atoms with Gasteiger partial charge in [-0.3, -0.25) is 0 Å². The Morgan fingerprint density at radius 2 is 2.00 bits per heavy atom. The van der Waals surface area contributed by atoms with Gasteiger partial charge in [0.15, 0.2) is 0 Å². The number of methoxy groups -OCH3 is 1. The molecule has 0 amide bonds. The normalized spacial score (nSPS) is 14.7. The zero-order chi connectivity index (χ0) is 11.8. The quantitative estimate of drug-likeness (QED) is 0.739. The van der Waals surface area contributed by atoms with Gasteiger partial charge in [0.05, 0.1) is 19.3 Å². The summed E-state index contributed by atoms with van der Waals surface area (Å²) >= 11 is 0. The average Bonchev–Trinajstić information content (AvgIpc) is 2.35. The molecule has 0 aromatic heterocycles. The van der Waals surface area contributed by atoms with Crippen LogP contribution in [0.3, 0.4) is 0 Å². The van der Waals surface area contributed by atoms with E-state index in [1.165, 1.54) is 0 Å². The Morgan fingerprint density at radius 1 is 1.31 bits per heavy atom. The largest absolute Gasteiger partial charge is 0.394 e. The van der Waals surface area contributed by atoms with Crippen molar-refractivity contribution in [2.24, 2.45) is 0 Å². The second-order valence-corrected chi connectivity index (χ2v) is 3.87. The summed E-state index contributed by atoms with van der Waals surface area (Å²) < 4.78 is 5.13. The standard InChI is InChI=1S/C13H21NO2/c1-3-12(10-16-2)14-13(9-15)11-7-5-4-6-8-11/h4-8,12-15H,3,9-10H2,1-2H3/t12?,13-/m0/s1. The van der Waals surface area contributed by atoms with Gasteiger partial charge in [-0.25, -0.2) is 0 Å². The Hall–Kier alpha value is -0.900. The van der Waals surface area contributed by atoms with Gasteiger partial charge >= 0.3 is 0 Å². The molecule has 0 aliphatic rings. The SMILES string of the molecule is CCC(COC)N[C@@H](CO)c1ccccc1. The highest BCUT2D eigenvalue weighted by Crippen LogP contribution is 2.13. The Morgan fingerprint density at radius 3 is 2.50 bits per heavy atom. The minimum absolute atomic E-state index is 0.0127. The van der Waals surface area contributed by atoms with Crippen molar-refractivity contribution in [2.75, 3.05) is 20.3 Å². The summed E-state index contributed by atoms with van der Waals surface area (Å²) in [7, 11) is 1.70. The molecule has 0 radical (unpaired) electrons. The van der Waals surface area contributed by atoms with E-state index >= 15 is 0 Å². The summed E-state index contributed by atoms with van der Waals surface area (Å²) in [6, 6.07) is 10.3. The van der Waals surface area contributed by atoms with Crippen LogP contribution in [0.5, 0.6) is 0 Å². The predicted octanol–water partition coefficient (Wildman–Crippen LogP) is 1.73. The Bertz CT molecular complexity index is 277. The maximum Gasteiger partial charge on any atom is 0.0626 e. The van der Waals surface area contributed by atoms with Crippen LogP contribution in [0.2, 0.25) is 0 Å². The first-order valence-corrected chi connectivity index (χ1v) is 5.72. The highest BCUT2D eigenvalue weighted by molar-refractivity contribution is 5.19. The van der Waals surface area contributed by atoms with Crippen molar-refractivity contribution in [1.82, 2.24) is 5.32 Å². The number of benzene rings is 1. The number of hydrogen-bond acceptors (Lipinski definition) is 3. The molecule has 1 aromatic rings. The molecule has 3 nitrogen and oxygen atoms in total. The van der Waals surface area contributed by atoms with E-state index in [9.17, 15) is 5.11 Å². The number of aliphatic hydroxyl groups is 1. The lowest BCUT2D eigenvalue weighted by molar-refractivity contribution is 0.146. The maximum absolute atomic E-state index is 9.39. The molecule has 2 N–H and O–H groups in total. The van der Waals surface area contributed by atoms with Gasteiger partial charge in [0.25, 0.3) is 0 Å². The lowest BCUT2D eigenvalue weighted by atomic mass is 10.1. The van der Waals surface area contributed by atoms with Gasteiger partial charge in [0, 0.05) is 13.2 Å². The second kappa shape index (κ2) is 7.39. The van der Waals surface area contributed by atoms with Crippen molar-refractivity contribution in [3.05, 3.63) is 35.9 Å². The number of ether oxygens (including phenoxy) is 1. The predicted molar refractivity (Wildman–Crippen MR) is 65.4 cm³/mol. The van der Waals surface area contributed by atoms with Crippen LogP contribution in [-0.4, -0.2) is 31.5 Å². The van der Waals surface area contributed by atoms with E-state index in [4.69, 9.17) is 4.74 Å². The highest BCUT2D eigenvalue weighted by Gasteiger charge is 2.14. The van der Waals surface area contributed by atoms with E-state index in [0.717, 1.165) is 12.0 Å². The number of nitrogens with one attached hydrogen (secondary N) is 1. The number of hydrogen-bond donors (Lipinski definition) is 2. The van der Waals surface area contributed by atoms with Gasteiger partial charge in [-0.1, -0.05) is 37.3 Å². The van der Waals surface area contributed by atoms with Crippen molar-refractivity contribution in [3.63, 3.8) is 0 Å². The number of rotatable bonds is 7. The fraction of sp³-hybridized carbons (Fsp3) is 0.538. The fourth-order valence-electron chi connectivity index (χ4n) is 1.71. The van der Waals surface area contributed by atoms with Gasteiger partial charge in [-0.15, -0.1) is 0 Å². The van der Waals surface area contributed by atoms with E-state index in [0.29, 0.717) is 6.61 Å². The molecule has 0 saturated carbocycles. The molecule has 16 heavy (non-hydrogen) atoms. The van der Waals surface area contributed by atoms with Crippen molar-refractivity contribution in [1.29, 1.82) is 0 Å². The Kier molecular flexibility index (Phi) is 6.08. The molecule has 1 unspecified atom stereocenters. The van der Waals surface area contributed by atoms with Gasteiger partial charge in [-0.05, 0) is 12.0 Å². The van der Waals surface area contributed by atoms with Crippen molar-refractivity contribution >= 4 is 0 Å². The van der Waals surface area contributed by atoms with Gasteiger partial charge in [-0.2, -0.15) is 0 Å². The molecule has 1 aromatic carbocycles. The minimum atomic E-state index is -0.0127. The lowest BCUT2D eigenvalue weighted by Gasteiger charge is -2.23. The summed E-state index contributed by atoms with van der Waals surface area (Å²) in [4.78, 5) is 0. The Balaban J connectivity index is 2.61.